The van der Waals surface area contributed by atoms with Gasteiger partial charge < -0.3 is 9.47 Å². The van der Waals surface area contributed by atoms with Crippen LogP contribution in [0.2, 0.25) is 0 Å². The van der Waals surface area contributed by atoms with Gasteiger partial charge in [-0.2, -0.15) is 5.26 Å². The minimum atomic E-state index is 0.0883. The minimum Gasteiger partial charge on any atom is -0.497 e. The van der Waals surface area contributed by atoms with Crippen LogP contribution in [0.5, 0.6) is 11.5 Å². The smallest absolute Gasteiger partial charge is 0.153 e. The van der Waals surface area contributed by atoms with Crippen LogP contribution < -0.4 is 9.47 Å². The van der Waals surface area contributed by atoms with E-state index in [1.165, 1.54) is 0 Å². The molecule has 23 heavy (non-hydrogen) atoms. The van der Waals surface area contributed by atoms with Gasteiger partial charge in [-0.1, -0.05) is 28.1 Å². The number of ether oxygens (including phenoxy) is 2. The number of methoxy groups -OCH3 is 1. The monoisotopic (exact) mass is 371 g/mol. The molecule has 0 saturated heterocycles. The minimum absolute atomic E-state index is 0.0883. The highest BCUT2D eigenvalue weighted by atomic mass is 79.9. The molecule has 0 aliphatic carbocycles. The molecule has 116 valence electrons. The van der Waals surface area contributed by atoms with E-state index in [2.05, 4.69) is 22.0 Å². The van der Waals surface area contributed by atoms with Crippen molar-refractivity contribution < 1.29 is 14.3 Å². The average Bonchev–Trinajstić information content (AvgIpc) is 2.59. The van der Waals surface area contributed by atoms with Crippen LogP contribution in [0.1, 0.15) is 15.9 Å². The Kier molecular flexibility index (Phi) is 5.95. The molecule has 0 N–H and O–H groups in total. The van der Waals surface area contributed by atoms with Gasteiger partial charge in [-0.25, -0.2) is 0 Å². The number of rotatable bonds is 6. The fourth-order valence-electron chi connectivity index (χ4n) is 1.91. The average molecular weight is 372 g/mol. The second-order valence-corrected chi connectivity index (χ2v) is 5.56. The summed E-state index contributed by atoms with van der Waals surface area (Å²) in [4.78, 5) is 11.1. The zero-order chi connectivity index (χ0) is 16.7. The van der Waals surface area contributed by atoms with Crippen molar-refractivity contribution in [2.45, 2.75) is 0 Å². The van der Waals surface area contributed by atoms with Crippen LogP contribution in [0.3, 0.4) is 0 Å². The van der Waals surface area contributed by atoms with Gasteiger partial charge in [0.15, 0.2) is 6.29 Å². The van der Waals surface area contributed by atoms with Gasteiger partial charge >= 0.3 is 0 Å². The molecule has 0 radical (unpaired) electrons. The third-order valence-electron chi connectivity index (χ3n) is 3.08. The first-order valence-electron chi connectivity index (χ1n) is 6.78. The quantitative estimate of drug-likeness (QED) is 0.562. The van der Waals surface area contributed by atoms with E-state index in [1.54, 1.807) is 31.4 Å². The molecule has 2 aromatic rings. The number of nitriles is 1. The van der Waals surface area contributed by atoms with E-state index in [9.17, 15) is 10.1 Å². The number of aldehydes is 1. The maximum atomic E-state index is 11.1. The molecular weight excluding hydrogens is 358 g/mol. The number of halogens is 1. The van der Waals surface area contributed by atoms with Crippen LogP contribution in [0.25, 0.3) is 6.08 Å². The predicted octanol–water partition coefficient (Wildman–Crippen LogP) is 4.26. The maximum absolute atomic E-state index is 11.1. The van der Waals surface area contributed by atoms with Gasteiger partial charge in [0.2, 0.25) is 0 Å². The Morgan fingerprint density at radius 2 is 2.00 bits per heavy atom. The standard InChI is InChI=1S/C18H14BrNO3/c1-22-17-5-2-13(3-6-17)8-14(10-20)12-23-18-7-4-16(19)9-15(18)11-21/h2-9,11H,12H2,1H3/b14-8+. The second kappa shape index (κ2) is 8.16. The van der Waals surface area contributed by atoms with Gasteiger partial charge in [0, 0.05) is 4.47 Å². The topological polar surface area (TPSA) is 59.3 Å². The lowest BCUT2D eigenvalue weighted by molar-refractivity contribution is 0.112. The van der Waals surface area contributed by atoms with Gasteiger partial charge in [0.1, 0.15) is 18.1 Å². The highest BCUT2D eigenvalue weighted by molar-refractivity contribution is 9.10. The summed E-state index contributed by atoms with van der Waals surface area (Å²) < 4.78 is 11.5. The molecule has 0 atom stereocenters. The first-order valence-corrected chi connectivity index (χ1v) is 7.58. The highest BCUT2D eigenvalue weighted by Gasteiger charge is 2.05. The van der Waals surface area contributed by atoms with Gasteiger partial charge in [-0.05, 0) is 42.0 Å². The van der Waals surface area contributed by atoms with Crippen molar-refractivity contribution in [3.05, 3.63) is 63.6 Å². The van der Waals surface area contributed by atoms with Gasteiger partial charge in [-0.3, -0.25) is 4.79 Å². The summed E-state index contributed by atoms with van der Waals surface area (Å²) in [6.07, 6.45) is 2.46. The Labute approximate surface area is 143 Å². The number of carbonyl (C=O) groups excluding carboxylic acids is 1. The van der Waals surface area contributed by atoms with Crippen LogP contribution in [0.15, 0.2) is 52.5 Å². The van der Waals surface area contributed by atoms with Crippen LogP contribution in [0, 0.1) is 11.3 Å². The van der Waals surface area contributed by atoms with Crippen molar-refractivity contribution >= 4 is 28.3 Å². The number of hydrogen-bond acceptors (Lipinski definition) is 4. The van der Waals surface area contributed by atoms with Gasteiger partial charge in [-0.15, -0.1) is 0 Å². The van der Waals surface area contributed by atoms with Crippen molar-refractivity contribution in [2.24, 2.45) is 0 Å². The molecule has 0 heterocycles. The molecule has 0 fully saturated rings. The molecule has 2 aromatic carbocycles. The molecule has 0 aliphatic heterocycles. The van der Waals surface area contributed by atoms with E-state index in [-0.39, 0.29) is 6.61 Å². The lowest BCUT2D eigenvalue weighted by Gasteiger charge is -2.08. The number of hydrogen-bond donors (Lipinski definition) is 0. The molecule has 0 amide bonds. The first kappa shape index (κ1) is 16.8. The van der Waals surface area contributed by atoms with Gasteiger partial charge in [0.25, 0.3) is 0 Å². The lowest BCUT2D eigenvalue weighted by atomic mass is 10.1. The van der Waals surface area contributed by atoms with E-state index in [0.717, 1.165) is 22.1 Å². The molecule has 4 nitrogen and oxygen atoms in total. The zero-order valence-corrected chi connectivity index (χ0v) is 14.0. The fraction of sp³-hybridized carbons (Fsp3) is 0.111. The molecule has 0 aliphatic rings. The van der Waals surface area contributed by atoms with E-state index in [1.807, 2.05) is 24.3 Å². The fourth-order valence-corrected chi connectivity index (χ4v) is 2.28. The van der Waals surface area contributed by atoms with Crippen molar-refractivity contribution in [1.82, 2.24) is 0 Å². The second-order valence-electron chi connectivity index (χ2n) is 4.64. The largest absolute Gasteiger partial charge is 0.497 e. The van der Waals surface area contributed by atoms with E-state index in [4.69, 9.17) is 9.47 Å². The van der Waals surface area contributed by atoms with Crippen molar-refractivity contribution in [3.63, 3.8) is 0 Å². The molecule has 0 saturated carbocycles. The highest BCUT2D eigenvalue weighted by Crippen LogP contribution is 2.22. The molecule has 0 aromatic heterocycles. The molecule has 2 rings (SSSR count). The van der Waals surface area contributed by atoms with Crippen molar-refractivity contribution in [1.29, 1.82) is 5.26 Å². The number of carbonyl (C=O) groups is 1. The molecule has 0 spiro atoms. The van der Waals surface area contributed by atoms with E-state index in [0.29, 0.717) is 16.9 Å². The van der Waals surface area contributed by atoms with E-state index >= 15 is 0 Å². The number of benzene rings is 2. The predicted molar refractivity (Wildman–Crippen MR) is 91.6 cm³/mol. The summed E-state index contributed by atoms with van der Waals surface area (Å²) in [6, 6.07) is 14.6. The Bertz CT molecular complexity index is 761. The summed E-state index contributed by atoms with van der Waals surface area (Å²) >= 11 is 3.30. The zero-order valence-electron chi connectivity index (χ0n) is 12.5. The molecule has 0 bridgehead atoms. The van der Waals surface area contributed by atoms with Crippen LogP contribution in [-0.2, 0) is 0 Å². The van der Waals surface area contributed by atoms with Crippen molar-refractivity contribution in [2.75, 3.05) is 13.7 Å². The lowest BCUT2D eigenvalue weighted by Crippen LogP contribution is -2.02. The maximum Gasteiger partial charge on any atom is 0.153 e. The Morgan fingerprint density at radius 1 is 1.26 bits per heavy atom. The Hall–Kier alpha value is -2.58. The Balaban J connectivity index is 2.12. The van der Waals surface area contributed by atoms with E-state index < -0.39 is 0 Å². The summed E-state index contributed by atoms with van der Waals surface area (Å²) in [7, 11) is 1.60. The number of nitrogens with zero attached hydrogens (tertiary/aromatic N) is 1. The first-order chi connectivity index (χ1) is 11.2. The summed E-state index contributed by atoms with van der Waals surface area (Å²) in [5, 5.41) is 9.24. The SMILES string of the molecule is COc1ccc(/C=C(\C#N)COc2ccc(Br)cc2C=O)cc1. The van der Waals surface area contributed by atoms with Crippen LogP contribution >= 0.6 is 15.9 Å². The normalized spacial score (nSPS) is 10.7. The summed E-state index contributed by atoms with van der Waals surface area (Å²) in [5.74, 6) is 1.20. The molecular formula is C18H14BrNO3. The third kappa shape index (κ3) is 4.70. The van der Waals surface area contributed by atoms with Crippen LogP contribution in [-0.4, -0.2) is 20.0 Å². The third-order valence-corrected chi connectivity index (χ3v) is 3.58. The van der Waals surface area contributed by atoms with Crippen LogP contribution in [0.4, 0.5) is 0 Å². The molecule has 0 unspecified atom stereocenters. The molecule has 5 heteroatoms. The summed E-state index contributed by atoms with van der Waals surface area (Å²) in [6.45, 7) is 0.0883. The summed E-state index contributed by atoms with van der Waals surface area (Å²) in [5.41, 5.74) is 1.76. The van der Waals surface area contributed by atoms with Gasteiger partial charge in [0.05, 0.1) is 24.3 Å². The van der Waals surface area contributed by atoms with Crippen molar-refractivity contribution in [3.8, 4) is 17.6 Å². The Morgan fingerprint density at radius 3 is 2.61 bits per heavy atom.